The Morgan fingerprint density at radius 2 is 2.12 bits per heavy atom. The second kappa shape index (κ2) is 7.24. The van der Waals surface area contributed by atoms with E-state index in [9.17, 15) is 4.79 Å². The zero-order valence-electron chi connectivity index (χ0n) is 10.0. The molecule has 16 heavy (non-hydrogen) atoms. The van der Waals surface area contributed by atoms with Crippen LogP contribution in [0.5, 0.6) is 0 Å². The van der Waals surface area contributed by atoms with Crippen LogP contribution in [0.25, 0.3) is 0 Å². The molecular formula is C14H18OS. The first kappa shape index (κ1) is 13.0. The molecule has 2 heteroatoms. The van der Waals surface area contributed by atoms with Crippen molar-refractivity contribution in [2.75, 3.05) is 0 Å². The van der Waals surface area contributed by atoms with Gasteiger partial charge in [0.2, 0.25) is 0 Å². The lowest BCUT2D eigenvalue weighted by atomic mass is 10.2. The lowest BCUT2D eigenvalue weighted by Crippen LogP contribution is -1.83. The van der Waals surface area contributed by atoms with Gasteiger partial charge in [0.25, 0.3) is 0 Å². The summed E-state index contributed by atoms with van der Waals surface area (Å²) in [6.07, 6.45) is 5.99. The number of thiophene rings is 1. The summed E-state index contributed by atoms with van der Waals surface area (Å²) >= 11 is 1.49. The van der Waals surface area contributed by atoms with E-state index in [4.69, 9.17) is 0 Å². The molecule has 1 heterocycles. The molecule has 0 aromatic carbocycles. The molecule has 0 aliphatic rings. The number of rotatable bonds is 5. The van der Waals surface area contributed by atoms with Crippen LogP contribution in [0, 0.1) is 11.8 Å². The second-order valence-electron chi connectivity index (χ2n) is 3.83. The number of hydrogen-bond acceptors (Lipinski definition) is 2. The summed E-state index contributed by atoms with van der Waals surface area (Å²) < 4.78 is 0. The highest BCUT2D eigenvalue weighted by molar-refractivity contribution is 7.14. The first-order valence-electron chi connectivity index (χ1n) is 5.83. The van der Waals surface area contributed by atoms with Gasteiger partial charge in [0.15, 0.2) is 5.78 Å². The lowest BCUT2D eigenvalue weighted by Gasteiger charge is -1.91. The molecule has 1 rings (SSSR count). The van der Waals surface area contributed by atoms with Gasteiger partial charge in [-0.05, 0) is 25.5 Å². The topological polar surface area (TPSA) is 17.1 Å². The van der Waals surface area contributed by atoms with E-state index in [0.717, 1.165) is 16.2 Å². The number of hydrogen-bond donors (Lipinski definition) is 0. The maximum Gasteiger partial charge on any atom is 0.169 e. The van der Waals surface area contributed by atoms with E-state index in [1.54, 1.807) is 6.92 Å². The number of carbonyl (C=O) groups excluding carboxylic acids is 1. The van der Waals surface area contributed by atoms with E-state index in [-0.39, 0.29) is 5.78 Å². The summed E-state index contributed by atoms with van der Waals surface area (Å²) in [5.41, 5.74) is 0. The van der Waals surface area contributed by atoms with Crippen LogP contribution in [0.1, 0.15) is 60.5 Å². The van der Waals surface area contributed by atoms with Crippen LogP contribution in [-0.2, 0) is 0 Å². The largest absolute Gasteiger partial charge is 0.294 e. The summed E-state index contributed by atoms with van der Waals surface area (Å²) in [6, 6.07) is 3.79. The highest BCUT2D eigenvalue weighted by Crippen LogP contribution is 2.15. The summed E-state index contributed by atoms with van der Waals surface area (Å²) in [5.74, 6) is 6.40. The van der Waals surface area contributed by atoms with Crippen molar-refractivity contribution in [3.05, 3.63) is 21.9 Å². The smallest absolute Gasteiger partial charge is 0.169 e. The Kier molecular flexibility index (Phi) is 5.88. The van der Waals surface area contributed by atoms with Crippen LogP contribution in [0.2, 0.25) is 0 Å². The molecule has 0 unspecified atom stereocenters. The van der Waals surface area contributed by atoms with Crippen LogP contribution < -0.4 is 0 Å². The van der Waals surface area contributed by atoms with E-state index in [1.165, 1.54) is 37.0 Å². The van der Waals surface area contributed by atoms with E-state index in [2.05, 4.69) is 18.8 Å². The van der Waals surface area contributed by atoms with Crippen molar-refractivity contribution in [3.63, 3.8) is 0 Å². The van der Waals surface area contributed by atoms with Crippen molar-refractivity contribution >= 4 is 17.1 Å². The highest BCUT2D eigenvalue weighted by atomic mass is 32.1. The molecule has 0 spiro atoms. The normalized spacial score (nSPS) is 9.62. The molecule has 0 amide bonds. The third kappa shape index (κ3) is 4.63. The maximum atomic E-state index is 11.1. The van der Waals surface area contributed by atoms with Gasteiger partial charge >= 0.3 is 0 Å². The SMILES string of the molecule is CCCCCCC#Cc1ccc(C(C)=O)s1. The minimum absolute atomic E-state index is 0.126. The molecule has 1 aromatic rings. The average molecular weight is 234 g/mol. The van der Waals surface area contributed by atoms with Gasteiger partial charge in [-0.1, -0.05) is 38.0 Å². The predicted molar refractivity (Wildman–Crippen MR) is 70.0 cm³/mol. The van der Waals surface area contributed by atoms with Crippen molar-refractivity contribution in [3.8, 4) is 11.8 Å². The number of ketones is 1. The average Bonchev–Trinajstić information content (AvgIpc) is 2.72. The molecule has 0 fully saturated rings. The molecule has 0 radical (unpaired) electrons. The first-order valence-corrected chi connectivity index (χ1v) is 6.65. The zero-order valence-corrected chi connectivity index (χ0v) is 10.8. The monoisotopic (exact) mass is 234 g/mol. The third-order valence-electron chi connectivity index (χ3n) is 2.32. The molecule has 0 saturated heterocycles. The minimum atomic E-state index is 0.126. The van der Waals surface area contributed by atoms with Crippen molar-refractivity contribution in [2.24, 2.45) is 0 Å². The number of Topliss-reactive ketones (excluding diaryl/α,β-unsaturated/α-hetero) is 1. The third-order valence-corrected chi connectivity index (χ3v) is 3.42. The highest BCUT2D eigenvalue weighted by Gasteiger charge is 2.01. The molecule has 0 aliphatic heterocycles. The quantitative estimate of drug-likeness (QED) is 0.422. The van der Waals surface area contributed by atoms with Gasteiger partial charge in [0.05, 0.1) is 9.75 Å². The van der Waals surface area contributed by atoms with Gasteiger partial charge in [-0.25, -0.2) is 0 Å². The van der Waals surface area contributed by atoms with E-state index in [0.29, 0.717) is 0 Å². The number of unbranched alkanes of at least 4 members (excludes halogenated alkanes) is 4. The van der Waals surface area contributed by atoms with Crippen LogP contribution in [0.15, 0.2) is 12.1 Å². The summed E-state index contributed by atoms with van der Waals surface area (Å²) in [7, 11) is 0. The van der Waals surface area contributed by atoms with Gasteiger partial charge in [0, 0.05) is 6.42 Å². The fourth-order valence-electron chi connectivity index (χ4n) is 1.38. The van der Waals surface area contributed by atoms with Crippen molar-refractivity contribution in [2.45, 2.75) is 46.0 Å². The Balaban J connectivity index is 2.35. The maximum absolute atomic E-state index is 11.1. The Labute approximate surface area is 102 Å². The fraction of sp³-hybridized carbons (Fsp3) is 0.500. The molecule has 0 atom stereocenters. The van der Waals surface area contributed by atoms with Crippen LogP contribution in [0.4, 0.5) is 0 Å². The minimum Gasteiger partial charge on any atom is -0.294 e. The van der Waals surface area contributed by atoms with Gasteiger partial charge < -0.3 is 0 Å². The molecular weight excluding hydrogens is 216 g/mol. The Hall–Kier alpha value is -1.07. The van der Waals surface area contributed by atoms with Gasteiger partial charge in [-0.2, -0.15) is 0 Å². The predicted octanol–water partition coefficient (Wildman–Crippen LogP) is 4.27. The Bertz CT molecular complexity index is 392. The standard InChI is InChI=1S/C14H18OS/c1-3-4-5-6-7-8-9-13-10-11-14(16-13)12(2)15/h10-11H,3-7H2,1-2H3. The zero-order chi connectivity index (χ0) is 11.8. The van der Waals surface area contributed by atoms with Crippen LogP contribution >= 0.6 is 11.3 Å². The summed E-state index contributed by atoms with van der Waals surface area (Å²) in [4.78, 5) is 12.9. The summed E-state index contributed by atoms with van der Waals surface area (Å²) in [6.45, 7) is 3.80. The number of carbonyl (C=O) groups is 1. The lowest BCUT2D eigenvalue weighted by molar-refractivity contribution is 0.102. The van der Waals surface area contributed by atoms with Crippen LogP contribution in [0.3, 0.4) is 0 Å². The van der Waals surface area contributed by atoms with E-state index < -0.39 is 0 Å². The molecule has 0 N–H and O–H groups in total. The Morgan fingerprint density at radius 3 is 2.75 bits per heavy atom. The molecule has 0 saturated carbocycles. The summed E-state index contributed by atoms with van der Waals surface area (Å²) in [5, 5.41) is 0. The van der Waals surface area contributed by atoms with E-state index in [1.807, 2.05) is 12.1 Å². The van der Waals surface area contributed by atoms with Crippen molar-refractivity contribution < 1.29 is 4.79 Å². The van der Waals surface area contributed by atoms with E-state index >= 15 is 0 Å². The molecule has 86 valence electrons. The second-order valence-corrected chi connectivity index (χ2v) is 4.92. The van der Waals surface area contributed by atoms with Crippen molar-refractivity contribution in [1.29, 1.82) is 0 Å². The van der Waals surface area contributed by atoms with Gasteiger partial charge in [0.1, 0.15) is 0 Å². The Morgan fingerprint density at radius 1 is 1.31 bits per heavy atom. The molecule has 0 aliphatic carbocycles. The molecule has 1 nitrogen and oxygen atoms in total. The van der Waals surface area contributed by atoms with Gasteiger partial charge in [-0.3, -0.25) is 4.79 Å². The van der Waals surface area contributed by atoms with Crippen molar-refractivity contribution in [1.82, 2.24) is 0 Å². The van der Waals surface area contributed by atoms with Gasteiger partial charge in [-0.15, -0.1) is 11.3 Å². The fourth-order valence-corrected chi connectivity index (χ4v) is 2.16. The molecule has 0 bridgehead atoms. The van der Waals surface area contributed by atoms with Crippen LogP contribution in [-0.4, -0.2) is 5.78 Å². The molecule has 1 aromatic heterocycles. The first-order chi connectivity index (χ1) is 7.74.